The zero-order valence-electron chi connectivity index (χ0n) is 12.9. The standard InChI is InChI=1S/C19H29Cl/c1-2-3-4-5-7-12-18-15-17(13-14-19(18)20)16-10-8-6-9-11-16/h6,8-11,17-19H,2-5,7,12-15H2,1H3. The molecule has 0 amide bonds. The summed E-state index contributed by atoms with van der Waals surface area (Å²) < 4.78 is 0. The van der Waals surface area contributed by atoms with Gasteiger partial charge >= 0.3 is 0 Å². The summed E-state index contributed by atoms with van der Waals surface area (Å²) in [6.45, 7) is 2.28. The van der Waals surface area contributed by atoms with Crippen molar-refractivity contribution in [3.63, 3.8) is 0 Å². The van der Waals surface area contributed by atoms with Crippen LogP contribution in [0.3, 0.4) is 0 Å². The summed E-state index contributed by atoms with van der Waals surface area (Å²) in [5.41, 5.74) is 1.52. The zero-order chi connectivity index (χ0) is 14.2. The minimum Gasteiger partial charge on any atom is -0.123 e. The topological polar surface area (TPSA) is 0 Å². The van der Waals surface area contributed by atoms with Crippen LogP contribution in [-0.2, 0) is 0 Å². The molecule has 0 bridgehead atoms. The summed E-state index contributed by atoms with van der Waals surface area (Å²) in [4.78, 5) is 0. The smallest absolute Gasteiger partial charge is 0.0364 e. The Bertz CT molecular complexity index is 359. The highest BCUT2D eigenvalue weighted by Gasteiger charge is 2.29. The Labute approximate surface area is 129 Å². The van der Waals surface area contributed by atoms with Crippen LogP contribution in [0.15, 0.2) is 30.3 Å². The van der Waals surface area contributed by atoms with Crippen molar-refractivity contribution in [1.29, 1.82) is 0 Å². The fourth-order valence-electron chi connectivity index (χ4n) is 3.56. The van der Waals surface area contributed by atoms with E-state index >= 15 is 0 Å². The molecule has 0 aromatic heterocycles. The molecule has 0 N–H and O–H groups in total. The molecule has 3 atom stereocenters. The molecule has 0 nitrogen and oxygen atoms in total. The Morgan fingerprint density at radius 1 is 1.00 bits per heavy atom. The van der Waals surface area contributed by atoms with Crippen LogP contribution in [-0.4, -0.2) is 5.38 Å². The molecule has 0 spiro atoms. The van der Waals surface area contributed by atoms with Crippen molar-refractivity contribution in [3.05, 3.63) is 35.9 Å². The Hall–Kier alpha value is -0.490. The molecule has 1 aromatic carbocycles. The number of halogens is 1. The molecule has 20 heavy (non-hydrogen) atoms. The van der Waals surface area contributed by atoms with Crippen molar-refractivity contribution in [2.45, 2.75) is 76.0 Å². The first-order chi connectivity index (χ1) is 9.81. The van der Waals surface area contributed by atoms with E-state index in [-0.39, 0.29) is 0 Å². The SMILES string of the molecule is CCCCCCCC1CC(c2ccccc2)CCC1Cl. The summed E-state index contributed by atoms with van der Waals surface area (Å²) in [7, 11) is 0. The third kappa shape index (κ3) is 4.81. The van der Waals surface area contributed by atoms with Gasteiger partial charge in [0.05, 0.1) is 0 Å². The first-order valence-electron chi connectivity index (χ1n) is 8.50. The van der Waals surface area contributed by atoms with Crippen molar-refractivity contribution < 1.29 is 0 Å². The van der Waals surface area contributed by atoms with E-state index in [0.29, 0.717) is 5.38 Å². The zero-order valence-corrected chi connectivity index (χ0v) is 13.6. The quantitative estimate of drug-likeness (QED) is 0.395. The van der Waals surface area contributed by atoms with Crippen LogP contribution < -0.4 is 0 Å². The average molecular weight is 293 g/mol. The minimum atomic E-state index is 0.418. The molecule has 3 unspecified atom stereocenters. The molecule has 1 fully saturated rings. The Kier molecular flexibility index (Phi) is 6.93. The minimum absolute atomic E-state index is 0.418. The second-order valence-electron chi connectivity index (χ2n) is 6.40. The second-order valence-corrected chi connectivity index (χ2v) is 6.96. The van der Waals surface area contributed by atoms with Gasteiger partial charge in [-0.25, -0.2) is 0 Å². The van der Waals surface area contributed by atoms with Gasteiger partial charge in [-0.1, -0.05) is 69.4 Å². The van der Waals surface area contributed by atoms with Crippen LogP contribution in [0.25, 0.3) is 0 Å². The second kappa shape index (κ2) is 8.72. The van der Waals surface area contributed by atoms with Crippen molar-refractivity contribution in [1.82, 2.24) is 0 Å². The van der Waals surface area contributed by atoms with Crippen LogP contribution in [0, 0.1) is 5.92 Å². The van der Waals surface area contributed by atoms with Crippen LogP contribution in [0.1, 0.15) is 76.2 Å². The lowest BCUT2D eigenvalue weighted by Crippen LogP contribution is -2.24. The van der Waals surface area contributed by atoms with E-state index in [1.165, 1.54) is 63.4 Å². The normalized spacial score (nSPS) is 26.6. The monoisotopic (exact) mass is 292 g/mol. The van der Waals surface area contributed by atoms with Gasteiger partial charge in [0, 0.05) is 5.38 Å². The highest BCUT2D eigenvalue weighted by atomic mass is 35.5. The lowest BCUT2D eigenvalue weighted by molar-refractivity contribution is 0.303. The molecule has 0 aliphatic heterocycles. The molecule has 1 heteroatoms. The van der Waals surface area contributed by atoms with E-state index in [4.69, 9.17) is 11.6 Å². The maximum atomic E-state index is 6.58. The van der Waals surface area contributed by atoms with Gasteiger partial charge in [0.15, 0.2) is 0 Å². The third-order valence-corrected chi connectivity index (χ3v) is 5.41. The first kappa shape index (κ1) is 15.9. The van der Waals surface area contributed by atoms with Gasteiger partial charge in [0.2, 0.25) is 0 Å². The van der Waals surface area contributed by atoms with Gasteiger partial charge in [-0.3, -0.25) is 0 Å². The molecule has 0 saturated heterocycles. The Morgan fingerprint density at radius 3 is 2.50 bits per heavy atom. The highest BCUT2D eigenvalue weighted by Crippen LogP contribution is 2.40. The third-order valence-electron chi connectivity index (χ3n) is 4.84. The van der Waals surface area contributed by atoms with Gasteiger partial charge in [-0.05, 0) is 43.1 Å². The summed E-state index contributed by atoms with van der Waals surface area (Å²) in [5, 5.41) is 0.418. The van der Waals surface area contributed by atoms with Crippen molar-refractivity contribution >= 4 is 11.6 Å². The van der Waals surface area contributed by atoms with Crippen molar-refractivity contribution in [2.24, 2.45) is 5.92 Å². The van der Waals surface area contributed by atoms with Crippen LogP contribution in [0.5, 0.6) is 0 Å². The molecule has 0 radical (unpaired) electrons. The maximum absolute atomic E-state index is 6.58. The highest BCUT2D eigenvalue weighted by molar-refractivity contribution is 6.20. The number of hydrogen-bond donors (Lipinski definition) is 0. The largest absolute Gasteiger partial charge is 0.123 e. The van der Waals surface area contributed by atoms with Gasteiger partial charge in [0.25, 0.3) is 0 Å². The number of unbranched alkanes of at least 4 members (excludes halogenated alkanes) is 4. The van der Waals surface area contributed by atoms with Gasteiger partial charge < -0.3 is 0 Å². The number of alkyl halides is 1. The molecular formula is C19H29Cl. The van der Waals surface area contributed by atoms with E-state index in [0.717, 1.165) is 11.8 Å². The summed E-state index contributed by atoms with van der Waals surface area (Å²) >= 11 is 6.58. The molecule has 1 aliphatic carbocycles. The maximum Gasteiger partial charge on any atom is 0.0364 e. The molecular weight excluding hydrogens is 264 g/mol. The van der Waals surface area contributed by atoms with E-state index in [1.54, 1.807) is 0 Å². The van der Waals surface area contributed by atoms with E-state index in [2.05, 4.69) is 37.3 Å². The molecule has 1 aromatic rings. The van der Waals surface area contributed by atoms with Crippen LogP contribution in [0.4, 0.5) is 0 Å². The first-order valence-corrected chi connectivity index (χ1v) is 8.94. The predicted octanol–water partition coefficient (Wildman–Crippen LogP) is 6.54. The van der Waals surface area contributed by atoms with Crippen molar-refractivity contribution in [2.75, 3.05) is 0 Å². The molecule has 1 aliphatic rings. The fourth-order valence-corrected chi connectivity index (χ4v) is 3.92. The molecule has 0 heterocycles. The molecule has 112 valence electrons. The molecule has 1 saturated carbocycles. The van der Waals surface area contributed by atoms with Crippen molar-refractivity contribution in [3.8, 4) is 0 Å². The summed E-state index contributed by atoms with van der Waals surface area (Å²) in [6, 6.07) is 11.0. The van der Waals surface area contributed by atoms with E-state index in [9.17, 15) is 0 Å². The average Bonchev–Trinajstić information content (AvgIpc) is 2.49. The van der Waals surface area contributed by atoms with Gasteiger partial charge in [-0.2, -0.15) is 0 Å². The lowest BCUT2D eigenvalue weighted by atomic mass is 9.76. The Balaban J connectivity index is 1.79. The lowest BCUT2D eigenvalue weighted by Gasteiger charge is -2.33. The number of rotatable bonds is 7. The van der Waals surface area contributed by atoms with Gasteiger partial charge in [-0.15, -0.1) is 11.6 Å². The number of hydrogen-bond acceptors (Lipinski definition) is 0. The molecule has 2 rings (SSSR count). The summed E-state index contributed by atoms with van der Waals surface area (Å²) in [5.74, 6) is 1.48. The predicted molar refractivity (Wildman–Crippen MR) is 89.5 cm³/mol. The van der Waals surface area contributed by atoms with Gasteiger partial charge in [0.1, 0.15) is 0 Å². The van der Waals surface area contributed by atoms with Crippen LogP contribution >= 0.6 is 11.6 Å². The fraction of sp³-hybridized carbons (Fsp3) is 0.684. The Morgan fingerprint density at radius 2 is 1.75 bits per heavy atom. The summed E-state index contributed by atoms with van der Waals surface area (Å²) in [6.07, 6.45) is 12.0. The van der Waals surface area contributed by atoms with E-state index < -0.39 is 0 Å². The van der Waals surface area contributed by atoms with Crippen LogP contribution in [0.2, 0.25) is 0 Å². The number of benzene rings is 1. The van der Waals surface area contributed by atoms with E-state index in [1.807, 2.05) is 0 Å².